The fourth-order valence-electron chi connectivity index (χ4n) is 2.66. The predicted molar refractivity (Wildman–Crippen MR) is 84.1 cm³/mol. The van der Waals surface area contributed by atoms with Gasteiger partial charge >= 0.3 is 11.8 Å². The number of hydrogen-bond donors (Lipinski definition) is 2. The van der Waals surface area contributed by atoms with Crippen molar-refractivity contribution >= 4 is 17.5 Å². The molecule has 0 aliphatic heterocycles. The zero-order chi connectivity index (χ0) is 15.4. The van der Waals surface area contributed by atoms with Crippen LogP contribution in [0.3, 0.4) is 0 Å². The van der Waals surface area contributed by atoms with E-state index in [0.717, 1.165) is 42.7 Å². The third kappa shape index (κ3) is 4.31. The van der Waals surface area contributed by atoms with Gasteiger partial charge in [0.2, 0.25) is 0 Å². The molecule has 2 amide bonds. The average molecular weight is 288 g/mol. The summed E-state index contributed by atoms with van der Waals surface area (Å²) < 4.78 is 0. The molecule has 4 nitrogen and oxygen atoms in total. The van der Waals surface area contributed by atoms with E-state index in [9.17, 15) is 9.59 Å². The highest BCUT2D eigenvalue weighted by Gasteiger charge is 2.22. The molecular formula is C17H24N2O2. The quantitative estimate of drug-likeness (QED) is 0.822. The maximum Gasteiger partial charge on any atom is 0.313 e. The normalized spacial score (nSPS) is 21.7. The second-order valence-electron chi connectivity index (χ2n) is 6.18. The second kappa shape index (κ2) is 6.74. The van der Waals surface area contributed by atoms with Gasteiger partial charge in [-0.05, 0) is 68.7 Å². The van der Waals surface area contributed by atoms with Crippen LogP contribution >= 0.6 is 0 Å². The van der Waals surface area contributed by atoms with Crippen LogP contribution in [0.25, 0.3) is 0 Å². The van der Waals surface area contributed by atoms with Gasteiger partial charge in [-0.2, -0.15) is 0 Å². The Bertz CT molecular complexity index is 532. The molecule has 0 radical (unpaired) electrons. The van der Waals surface area contributed by atoms with E-state index in [1.165, 1.54) is 0 Å². The lowest BCUT2D eigenvalue weighted by Crippen LogP contribution is -2.43. The van der Waals surface area contributed by atoms with Gasteiger partial charge in [0, 0.05) is 11.7 Å². The van der Waals surface area contributed by atoms with E-state index in [1.54, 1.807) is 0 Å². The molecule has 1 aromatic carbocycles. The minimum Gasteiger partial charge on any atom is -0.345 e. The molecule has 0 bridgehead atoms. The monoisotopic (exact) mass is 288 g/mol. The minimum absolute atomic E-state index is 0.138. The van der Waals surface area contributed by atoms with Crippen molar-refractivity contribution in [2.75, 3.05) is 5.32 Å². The van der Waals surface area contributed by atoms with Crippen LogP contribution in [0.1, 0.15) is 43.7 Å². The summed E-state index contributed by atoms with van der Waals surface area (Å²) in [5.74, 6) is -0.396. The Labute approximate surface area is 126 Å². The molecule has 0 heterocycles. The van der Waals surface area contributed by atoms with Gasteiger partial charge in [-0.15, -0.1) is 0 Å². The van der Waals surface area contributed by atoms with Crippen molar-refractivity contribution in [1.82, 2.24) is 5.32 Å². The highest BCUT2D eigenvalue weighted by molar-refractivity contribution is 6.39. The Morgan fingerprint density at radius 2 is 1.67 bits per heavy atom. The summed E-state index contributed by atoms with van der Waals surface area (Å²) in [5, 5.41) is 5.49. The Morgan fingerprint density at radius 1 is 1.00 bits per heavy atom. The van der Waals surface area contributed by atoms with E-state index in [4.69, 9.17) is 0 Å². The van der Waals surface area contributed by atoms with Crippen LogP contribution in [-0.4, -0.2) is 17.9 Å². The molecule has 21 heavy (non-hydrogen) atoms. The summed E-state index contributed by atoms with van der Waals surface area (Å²) in [7, 11) is 0. The lowest BCUT2D eigenvalue weighted by atomic mass is 9.87. The summed E-state index contributed by atoms with van der Waals surface area (Å²) in [4.78, 5) is 23.8. The first-order chi connectivity index (χ1) is 9.95. The lowest BCUT2D eigenvalue weighted by Gasteiger charge is -2.26. The minimum atomic E-state index is -0.586. The van der Waals surface area contributed by atoms with Crippen LogP contribution in [0, 0.1) is 19.8 Å². The van der Waals surface area contributed by atoms with Crippen molar-refractivity contribution in [1.29, 1.82) is 0 Å². The first-order valence-electron chi connectivity index (χ1n) is 7.65. The predicted octanol–water partition coefficient (Wildman–Crippen LogP) is 2.94. The lowest BCUT2D eigenvalue weighted by molar-refractivity contribution is -0.136. The molecule has 0 spiro atoms. The summed E-state index contributed by atoms with van der Waals surface area (Å²) >= 11 is 0. The van der Waals surface area contributed by atoms with Crippen LogP contribution < -0.4 is 10.6 Å². The number of hydrogen-bond acceptors (Lipinski definition) is 2. The van der Waals surface area contributed by atoms with Gasteiger partial charge in [-0.3, -0.25) is 9.59 Å². The van der Waals surface area contributed by atoms with Crippen LogP contribution in [0.15, 0.2) is 18.2 Å². The van der Waals surface area contributed by atoms with Gasteiger partial charge in [0.05, 0.1) is 0 Å². The van der Waals surface area contributed by atoms with Gasteiger partial charge in [0.25, 0.3) is 0 Å². The van der Waals surface area contributed by atoms with E-state index >= 15 is 0 Å². The van der Waals surface area contributed by atoms with Crippen molar-refractivity contribution in [3.05, 3.63) is 29.3 Å². The number of benzene rings is 1. The summed E-state index contributed by atoms with van der Waals surface area (Å²) in [5.41, 5.74) is 2.92. The van der Waals surface area contributed by atoms with E-state index in [-0.39, 0.29) is 6.04 Å². The Morgan fingerprint density at radius 3 is 2.29 bits per heavy atom. The van der Waals surface area contributed by atoms with Gasteiger partial charge in [-0.25, -0.2) is 0 Å². The number of aryl methyl sites for hydroxylation is 2. The molecule has 1 aliphatic carbocycles. The van der Waals surface area contributed by atoms with Crippen molar-refractivity contribution in [3.8, 4) is 0 Å². The maximum atomic E-state index is 11.9. The zero-order valence-corrected chi connectivity index (χ0v) is 13.0. The molecular weight excluding hydrogens is 264 g/mol. The second-order valence-corrected chi connectivity index (χ2v) is 6.18. The first kappa shape index (κ1) is 15.5. The number of carbonyl (C=O) groups is 2. The first-order valence-corrected chi connectivity index (χ1v) is 7.65. The van der Waals surface area contributed by atoms with Gasteiger partial charge in [-0.1, -0.05) is 13.0 Å². The van der Waals surface area contributed by atoms with Crippen LogP contribution in [0.5, 0.6) is 0 Å². The maximum absolute atomic E-state index is 11.9. The topological polar surface area (TPSA) is 58.2 Å². The van der Waals surface area contributed by atoms with Crippen molar-refractivity contribution < 1.29 is 9.59 Å². The highest BCUT2D eigenvalue weighted by Crippen LogP contribution is 2.23. The molecule has 1 saturated carbocycles. The van der Waals surface area contributed by atoms with Crippen molar-refractivity contribution in [3.63, 3.8) is 0 Å². The van der Waals surface area contributed by atoms with Gasteiger partial charge in [0.1, 0.15) is 0 Å². The molecule has 0 saturated heterocycles. The Kier molecular flexibility index (Phi) is 4.99. The van der Waals surface area contributed by atoms with E-state index in [2.05, 4.69) is 17.6 Å². The number of nitrogens with one attached hydrogen (secondary N) is 2. The molecule has 1 aromatic rings. The van der Waals surface area contributed by atoms with Crippen LogP contribution in [-0.2, 0) is 9.59 Å². The van der Waals surface area contributed by atoms with E-state index in [1.807, 2.05) is 32.0 Å². The van der Waals surface area contributed by atoms with E-state index < -0.39 is 11.8 Å². The molecule has 1 aliphatic rings. The van der Waals surface area contributed by atoms with E-state index in [0.29, 0.717) is 5.69 Å². The number of amides is 2. The number of carbonyl (C=O) groups excluding carboxylic acids is 2. The van der Waals surface area contributed by atoms with Crippen LogP contribution in [0.4, 0.5) is 5.69 Å². The van der Waals surface area contributed by atoms with Gasteiger partial charge < -0.3 is 10.6 Å². The molecule has 114 valence electrons. The Hall–Kier alpha value is -1.84. The fourth-order valence-corrected chi connectivity index (χ4v) is 2.66. The smallest absolute Gasteiger partial charge is 0.313 e. The third-order valence-electron chi connectivity index (χ3n) is 4.32. The number of rotatable bonds is 2. The molecule has 2 N–H and O–H groups in total. The molecule has 0 unspecified atom stereocenters. The zero-order valence-electron chi connectivity index (χ0n) is 13.0. The number of anilines is 1. The van der Waals surface area contributed by atoms with Crippen molar-refractivity contribution in [2.24, 2.45) is 5.92 Å². The average Bonchev–Trinajstić information content (AvgIpc) is 2.45. The van der Waals surface area contributed by atoms with Crippen molar-refractivity contribution in [2.45, 2.75) is 52.5 Å². The summed E-state index contributed by atoms with van der Waals surface area (Å²) in [6.45, 7) is 6.22. The third-order valence-corrected chi connectivity index (χ3v) is 4.32. The molecule has 0 atom stereocenters. The van der Waals surface area contributed by atoms with Crippen LogP contribution in [0.2, 0.25) is 0 Å². The van der Waals surface area contributed by atoms with Gasteiger partial charge in [0.15, 0.2) is 0 Å². The molecule has 0 aromatic heterocycles. The fraction of sp³-hybridized carbons (Fsp3) is 0.529. The SMILES string of the molecule is Cc1ccc(NC(=O)C(=O)NC2CCC(C)CC2)cc1C. The standard InChI is InChI=1S/C17H24N2O2/c1-11-4-7-14(8-5-11)18-16(20)17(21)19-15-9-6-12(2)13(3)10-15/h6,9-11,14H,4-5,7-8H2,1-3H3,(H,18,20)(H,19,21). The summed E-state index contributed by atoms with van der Waals surface area (Å²) in [6.07, 6.45) is 4.15. The Balaban J connectivity index is 1.87. The molecule has 4 heteroatoms. The summed E-state index contributed by atoms with van der Waals surface area (Å²) in [6, 6.07) is 5.77. The molecule has 1 fully saturated rings. The largest absolute Gasteiger partial charge is 0.345 e. The highest BCUT2D eigenvalue weighted by atomic mass is 16.2. The molecule has 2 rings (SSSR count).